The molecule has 1 rings (SSSR count). The fourth-order valence-electron chi connectivity index (χ4n) is 0.653. The van der Waals surface area contributed by atoms with Crippen molar-refractivity contribution in [1.82, 2.24) is 4.98 Å². The fraction of sp³-hybridized carbons (Fsp3) is 0.364. The number of pyridine rings is 1. The normalized spacial score (nSPS) is 7.69. The Balaban J connectivity index is 0.000000671. The second kappa shape index (κ2) is 7.64. The maximum Gasteiger partial charge on any atom is 0.0615 e. The summed E-state index contributed by atoms with van der Waals surface area (Å²) in [6.07, 6.45) is 4.16. The van der Waals surface area contributed by atoms with Gasteiger partial charge in [0.1, 0.15) is 0 Å². The Kier molecular flexibility index (Phi) is 7.05. The van der Waals surface area contributed by atoms with Crippen molar-refractivity contribution in [1.29, 1.82) is 0 Å². The first-order chi connectivity index (χ1) is 6.34. The van der Waals surface area contributed by atoms with Gasteiger partial charge in [0.2, 0.25) is 0 Å². The molecule has 70 valence electrons. The quantitative estimate of drug-likeness (QED) is 0.578. The lowest BCUT2D eigenvalue weighted by Crippen LogP contribution is -1.77. The average Bonchev–Trinajstić information content (AvgIpc) is 2.20. The first-order valence-electron chi connectivity index (χ1n) is 4.43. The van der Waals surface area contributed by atoms with Crippen LogP contribution in [0.2, 0.25) is 5.02 Å². The number of aromatic nitrogens is 1. The predicted octanol–water partition coefficient (Wildman–Crippen LogP) is 3.52. The van der Waals surface area contributed by atoms with Crippen molar-refractivity contribution in [2.24, 2.45) is 0 Å². The fourth-order valence-corrected chi connectivity index (χ4v) is 0.805. The third kappa shape index (κ3) is 4.55. The Labute approximate surface area is 85.1 Å². The molecule has 0 aliphatic rings. The molecule has 1 nitrogen and oxygen atoms in total. The zero-order valence-electron chi connectivity index (χ0n) is 8.26. The average molecular weight is 196 g/mol. The van der Waals surface area contributed by atoms with E-state index >= 15 is 0 Å². The van der Waals surface area contributed by atoms with Gasteiger partial charge in [0, 0.05) is 18.8 Å². The Morgan fingerprint density at radius 2 is 2.15 bits per heavy atom. The first-order valence-corrected chi connectivity index (χ1v) is 4.80. The SMILES string of the molecule is CC.CCC#Cc1cnccc1Cl. The lowest BCUT2D eigenvalue weighted by atomic mass is 10.3. The second-order valence-electron chi connectivity index (χ2n) is 2.01. The van der Waals surface area contributed by atoms with E-state index in [-0.39, 0.29) is 0 Å². The van der Waals surface area contributed by atoms with E-state index in [1.54, 1.807) is 18.5 Å². The van der Waals surface area contributed by atoms with Crippen molar-refractivity contribution in [3.05, 3.63) is 29.0 Å². The van der Waals surface area contributed by atoms with Crippen LogP contribution in [-0.2, 0) is 0 Å². The number of rotatable bonds is 0. The maximum atomic E-state index is 5.82. The summed E-state index contributed by atoms with van der Waals surface area (Å²) in [4.78, 5) is 3.91. The second-order valence-corrected chi connectivity index (χ2v) is 2.42. The third-order valence-electron chi connectivity index (χ3n) is 1.17. The molecule has 0 saturated carbocycles. The highest BCUT2D eigenvalue weighted by Gasteiger charge is 1.92. The molecule has 0 amide bonds. The molecule has 0 unspecified atom stereocenters. The van der Waals surface area contributed by atoms with Crippen LogP contribution in [0.15, 0.2) is 18.5 Å². The summed E-state index contributed by atoms with van der Waals surface area (Å²) in [5.74, 6) is 5.85. The van der Waals surface area contributed by atoms with Crippen molar-refractivity contribution < 1.29 is 0 Å². The van der Waals surface area contributed by atoms with E-state index in [4.69, 9.17) is 11.6 Å². The van der Waals surface area contributed by atoms with Crippen molar-refractivity contribution >= 4 is 11.6 Å². The summed E-state index contributed by atoms with van der Waals surface area (Å²) in [7, 11) is 0. The molecule has 0 saturated heterocycles. The molecule has 2 heteroatoms. The molecule has 1 aromatic heterocycles. The first kappa shape index (κ1) is 12.0. The summed E-state index contributed by atoms with van der Waals surface area (Å²) >= 11 is 5.82. The van der Waals surface area contributed by atoms with Gasteiger partial charge in [0.25, 0.3) is 0 Å². The molecule has 1 heterocycles. The van der Waals surface area contributed by atoms with E-state index < -0.39 is 0 Å². The Hall–Kier alpha value is -1.00. The van der Waals surface area contributed by atoms with Crippen molar-refractivity contribution in [2.75, 3.05) is 0 Å². The molecule has 0 radical (unpaired) electrons. The van der Waals surface area contributed by atoms with Crippen LogP contribution in [-0.4, -0.2) is 4.98 Å². The molecule has 13 heavy (non-hydrogen) atoms. The molecule has 1 aromatic rings. The van der Waals surface area contributed by atoms with E-state index in [0.717, 1.165) is 12.0 Å². The van der Waals surface area contributed by atoms with Crippen LogP contribution in [0.1, 0.15) is 32.8 Å². The van der Waals surface area contributed by atoms with Crippen LogP contribution >= 0.6 is 11.6 Å². The molecule has 0 aromatic carbocycles. The van der Waals surface area contributed by atoms with Crippen LogP contribution in [0, 0.1) is 11.8 Å². The zero-order chi connectivity index (χ0) is 10.1. The highest BCUT2D eigenvalue weighted by atomic mass is 35.5. The van der Waals surface area contributed by atoms with Crippen LogP contribution in [0.25, 0.3) is 0 Å². The van der Waals surface area contributed by atoms with Crippen molar-refractivity contribution in [3.63, 3.8) is 0 Å². The van der Waals surface area contributed by atoms with Gasteiger partial charge in [0.05, 0.1) is 10.6 Å². The topological polar surface area (TPSA) is 12.9 Å². The minimum absolute atomic E-state index is 0.668. The zero-order valence-corrected chi connectivity index (χ0v) is 9.02. The van der Waals surface area contributed by atoms with E-state index in [1.165, 1.54) is 0 Å². The molecule has 0 aliphatic heterocycles. The largest absolute Gasteiger partial charge is 0.263 e. The van der Waals surface area contributed by atoms with Crippen molar-refractivity contribution in [2.45, 2.75) is 27.2 Å². The van der Waals surface area contributed by atoms with Gasteiger partial charge >= 0.3 is 0 Å². The molecule has 0 spiro atoms. The third-order valence-corrected chi connectivity index (χ3v) is 1.50. The van der Waals surface area contributed by atoms with Crippen LogP contribution in [0.3, 0.4) is 0 Å². The van der Waals surface area contributed by atoms with Gasteiger partial charge < -0.3 is 0 Å². The number of hydrogen-bond donors (Lipinski definition) is 0. The van der Waals surface area contributed by atoms with Gasteiger partial charge in [-0.2, -0.15) is 0 Å². The molecule has 0 bridgehead atoms. The minimum atomic E-state index is 0.668. The summed E-state index contributed by atoms with van der Waals surface area (Å²) in [6.45, 7) is 6.00. The van der Waals surface area contributed by atoms with E-state index in [0.29, 0.717) is 5.02 Å². The standard InChI is InChI=1S/C9H8ClN.C2H6/c1-2-3-4-8-7-11-6-5-9(8)10;1-2/h5-7H,2H2,1H3;1-2H3. The van der Waals surface area contributed by atoms with Gasteiger partial charge in [-0.05, 0) is 6.07 Å². The van der Waals surface area contributed by atoms with Crippen LogP contribution in [0.5, 0.6) is 0 Å². The van der Waals surface area contributed by atoms with Crippen molar-refractivity contribution in [3.8, 4) is 11.8 Å². The number of hydrogen-bond acceptors (Lipinski definition) is 1. The Morgan fingerprint density at radius 1 is 1.46 bits per heavy atom. The summed E-state index contributed by atoms with van der Waals surface area (Å²) in [5, 5.41) is 0.668. The lowest BCUT2D eigenvalue weighted by molar-refractivity contribution is 1.27. The molecule has 0 fully saturated rings. The highest BCUT2D eigenvalue weighted by Crippen LogP contribution is 2.11. The molecule has 0 atom stereocenters. The predicted molar refractivity (Wildman–Crippen MR) is 57.8 cm³/mol. The Morgan fingerprint density at radius 3 is 2.69 bits per heavy atom. The summed E-state index contributed by atoms with van der Waals surface area (Å²) < 4.78 is 0. The van der Waals surface area contributed by atoms with E-state index in [2.05, 4.69) is 16.8 Å². The Bertz CT molecular complexity index is 296. The summed E-state index contributed by atoms with van der Waals surface area (Å²) in [6, 6.07) is 1.74. The number of halogens is 1. The highest BCUT2D eigenvalue weighted by molar-refractivity contribution is 6.31. The van der Waals surface area contributed by atoms with Gasteiger partial charge in [-0.3, -0.25) is 4.98 Å². The molecule has 0 aliphatic carbocycles. The van der Waals surface area contributed by atoms with Gasteiger partial charge in [0.15, 0.2) is 0 Å². The van der Waals surface area contributed by atoms with E-state index in [1.807, 2.05) is 20.8 Å². The lowest BCUT2D eigenvalue weighted by Gasteiger charge is -1.90. The molecular formula is C11H14ClN. The van der Waals surface area contributed by atoms with Gasteiger partial charge in [-0.1, -0.05) is 44.2 Å². The summed E-state index contributed by atoms with van der Waals surface area (Å²) in [5.41, 5.74) is 0.802. The van der Waals surface area contributed by atoms with E-state index in [9.17, 15) is 0 Å². The molecule has 0 N–H and O–H groups in total. The van der Waals surface area contributed by atoms with Gasteiger partial charge in [-0.15, -0.1) is 0 Å². The van der Waals surface area contributed by atoms with Gasteiger partial charge in [-0.25, -0.2) is 0 Å². The molecular weight excluding hydrogens is 182 g/mol. The van der Waals surface area contributed by atoms with Crippen LogP contribution in [0.4, 0.5) is 0 Å². The monoisotopic (exact) mass is 195 g/mol. The smallest absolute Gasteiger partial charge is 0.0615 e. The van der Waals surface area contributed by atoms with Crippen LogP contribution < -0.4 is 0 Å². The maximum absolute atomic E-state index is 5.82. The number of nitrogens with zero attached hydrogens (tertiary/aromatic N) is 1. The minimum Gasteiger partial charge on any atom is -0.263 e.